The lowest BCUT2D eigenvalue weighted by Gasteiger charge is -2.53. The largest absolute Gasteiger partial charge is 0.290 e. The lowest BCUT2D eigenvalue weighted by molar-refractivity contribution is -0.676. The molecule has 0 spiro atoms. The summed E-state index contributed by atoms with van der Waals surface area (Å²) in [6, 6.07) is 9.45. The first-order chi connectivity index (χ1) is 14.5. The molecule has 2 unspecified atom stereocenters. The average molecular weight is 401 g/mol. The van der Waals surface area contributed by atoms with Crippen LogP contribution in [0.5, 0.6) is 0 Å². The van der Waals surface area contributed by atoms with Crippen molar-refractivity contribution in [1.82, 2.24) is 4.98 Å². The van der Waals surface area contributed by atoms with E-state index >= 15 is 0 Å². The van der Waals surface area contributed by atoms with E-state index < -0.39 is 0 Å². The van der Waals surface area contributed by atoms with Crippen LogP contribution in [0.4, 0.5) is 11.5 Å². The predicted molar refractivity (Wildman–Crippen MR) is 125 cm³/mol. The molecule has 156 valence electrons. The maximum Gasteiger partial charge on any atom is 0.290 e. The molecule has 2 aliphatic heterocycles. The SMILES string of the molecule is CCCCc1ccc2c3c4[n+](ccc13)Cc1ccncc1N4C(C)(CC)C2(C)CC. The van der Waals surface area contributed by atoms with Crippen LogP contribution in [0.2, 0.25) is 0 Å². The third-order valence-corrected chi connectivity index (χ3v) is 8.41. The fourth-order valence-electron chi connectivity index (χ4n) is 6.09. The lowest BCUT2D eigenvalue weighted by Crippen LogP contribution is -2.64. The molecule has 3 aromatic rings. The van der Waals surface area contributed by atoms with Gasteiger partial charge in [-0.3, -0.25) is 4.98 Å². The van der Waals surface area contributed by atoms with Gasteiger partial charge in [-0.05, 0) is 61.3 Å². The van der Waals surface area contributed by atoms with E-state index in [1.165, 1.54) is 51.8 Å². The fourth-order valence-corrected chi connectivity index (χ4v) is 6.09. The molecule has 2 atom stereocenters. The molecule has 0 radical (unpaired) electrons. The molecule has 1 aromatic carbocycles. The highest BCUT2D eigenvalue weighted by Crippen LogP contribution is 2.57. The van der Waals surface area contributed by atoms with Crippen molar-refractivity contribution in [3.05, 3.63) is 59.5 Å². The maximum absolute atomic E-state index is 4.55. The first-order valence-corrected chi connectivity index (χ1v) is 11.7. The quantitative estimate of drug-likeness (QED) is 0.474. The monoisotopic (exact) mass is 400 g/mol. The first kappa shape index (κ1) is 19.5. The number of anilines is 2. The Balaban J connectivity index is 1.91. The molecular weight excluding hydrogens is 366 g/mol. The van der Waals surface area contributed by atoms with E-state index in [0.717, 1.165) is 25.8 Å². The Morgan fingerprint density at radius 1 is 1.07 bits per heavy atom. The van der Waals surface area contributed by atoms with E-state index in [4.69, 9.17) is 0 Å². The Bertz CT molecular complexity index is 1130. The Labute approximate surface area is 180 Å². The maximum atomic E-state index is 4.55. The molecule has 2 aliphatic rings. The van der Waals surface area contributed by atoms with E-state index in [2.05, 4.69) is 85.7 Å². The summed E-state index contributed by atoms with van der Waals surface area (Å²) in [7, 11) is 0. The summed E-state index contributed by atoms with van der Waals surface area (Å²) in [4.78, 5) is 7.20. The number of unbranched alkanes of at least 4 members (excludes halogenated alkanes) is 1. The molecule has 0 fully saturated rings. The number of rotatable bonds is 5. The van der Waals surface area contributed by atoms with Crippen molar-refractivity contribution in [3.8, 4) is 0 Å². The van der Waals surface area contributed by atoms with Crippen molar-refractivity contribution >= 4 is 22.3 Å². The Morgan fingerprint density at radius 2 is 1.90 bits per heavy atom. The molecule has 0 saturated heterocycles. The molecule has 3 heteroatoms. The third kappa shape index (κ3) is 2.32. The number of fused-ring (bicyclic) bond motifs is 2. The van der Waals surface area contributed by atoms with Crippen molar-refractivity contribution in [1.29, 1.82) is 0 Å². The molecule has 5 rings (SSSR count). The molecule has 0 saturated carbocycles. The van der Waals surface area contributed by atoms with Crippen molar-refractivity contribution < 1.29 is 4.57 Å². The highest BCUT2D eigenvalue weighted by atomic mass is 15.3. The van der Waals surface area contributed by atoms with E-state index in [-0.39, 0.29) is 11.0 Å². The molecule has 0 aliphatic carbocycles. The highest BCUT2D eigenvalue weighted by molar-refractivity contribution is 6.00. The zero-order valence-electron chi connectivity index (χ0n) is 19.1. The van der Waals surface area contributed by atoms with Crippen LogP contribution < -0.4 is 9.47 Å². The second kappa shape index (κ2) is 6.80. The van der Waals surface area contributed by atoms with Gasteiger partial charge in [-0.2, -0.15) is 0 Å². The Morgan fingerprint density at radius 3 is 2.63 bits per heavy atom. The van der Waals surface area contributed by atoms with Gasteiger partial charge in [0, 0.05) is 17.2 Å². The van der Waals surface area contributed by atoms with Gasteiger partial charge >= 0.3 is 0 Å². The molecule has 2 aromatic heterocycles. The van der Waals surface area contributed by atoms with Crippen molar-refractivity contribution in [3.63, 3.8) is 0 Å². The molecule has 30 heavy (non-hydrogen) atoms. The smallest absolute Gasteiger partial charge is 0.260 e. The van der Waals surface area contributed by atoms with Gasteiger partial charge in [-0.1, -0.05) is 46.2 Å². The summed E-state index contributed by atoms with van der Waals surface area (Å²) in [6.07, 6.45) is 12.2. The summed E-state index contributed by atoms with van der Waals surface area (Å²) in [5, 5.41) is 2.92. The van der Waals surface area contributed by atoms with Gasteiger partial charge in [0.2, 0.25) is 0 Å². The molecule has 0 N–H and O–H groups in total. The molecular formula is C27H34N3+. The van der Waals surface area contributed by atoms with Crippen LogP contribution in [0, 0.1) is 0 Å². The zero-order chi connectivity index (χ0) is 21.1. The third-order valence-electron chi connectivity index (χ3n) is 8.41. The van der Waals surface area contributed by atoms with Gasteiger partial charge in [0.1, 0.15) is 12.1 Å². The van der Waals surface area contributed by atoms with Gasteiger partial charge in [0.25, 0.3) is 5.82 Å². The minimum Gasteiger partial charge on any atom is -0.260 e. The van der Waals surface area contributed by atoms with Crippen LogP contribution in [-0.4, -0.2) is 10.5 Å². The van der Waals surface area contributed by atoms with Crippen LogP contribution in [-0.2, 0) is 18.4 Å². The number of aryl methyl sites for hydroxylation is 1. The Hall–Kier alpha value is -2.42. The summed E-state index contributed by atoms with van der Waals surface area (Å²) < 4.78 is 2.47. The zero-order valence-corrected chi connectivity index (χ0v) is 19.1. The van der Waals surface area contributed by atoms with E-state index in [1.54, 1.807) is 0 Å². The van der Waals surface area contributed by atoms with Crippen LogP contribution in [0.15, 0.2) is 42.9 Å². The molecule has 4 heterocycles. The Kier molecular flexibility index (Phi) is 4.43. The second-order valence-electron chi connectivity index (χ2n) is 9.58. The predicted octanol–water partition coefficient (Wildman–Crippen LogP) is 6.21. The summed E-state index contributed by atoms with van der Waals surface area (Å²) in [5.74, 6) is 1.37. The number of hydrogen-bond donors (Lipinski definition) is 0. The first-order valence-electron chi connectivity index (χ1n) is 11.7. The number of benzene rings is 1. The van der Waals surface area contributed by atoms with Crippen LogP contribution in [0.25, 0.3) is 10.8 Å². The van der Waals surface area contributed by atoms with Gasteiger partial charge < -0.3 is 0 Å². The lowest BCUT2D eigenvalue weighted by atomic mass is 9.60. The minimum absolute atomic E-state index is 0.0199. The van der Waals surface area contributed by atoms with Crippen molar-refractivity contribution in [2.24, 2.45) is 0 Å². The van der Waals surface area contributed by atoms with Crippen molar-refractivity contribution in [2.75, 3.05) is 4.90 Å². The fraction of sp³-hybridized carbons (Fsp3) is 0.481. The topological polar surface area (TPSA) is 20.0 Å². The average Bonchev–Trinajstić information content (AvgIpc) is 2.79. The summed E-state index contributed by atoms with van der Waals surface area (Å²) >= 11 is 0. The molecule has 0 amide bonds. The molecule has 3 nitrogen and oxygen atoms in total. The molecule has 0 bridgehead atoms. The number of aromatic nitrogens is 2. The normalized spacial score (nSPS) is 24.2. The van der Waals surface area contributed by atoms with E-state index in [0.29, 0.717) is 0 Å². The minimum atomic E-state index is -0.0199. The van der Waals surface area contributed by atoms with Gasteiger partial charge in [0.05, 0.1) is 17.8 Å². The second-order valence-corrected chi connectivity index (χ2v) is 9.58. The van der Waals surface area contributed by atoms with Gasteiger partial charge in [-0.15, -0.1) is 0 Å². The van der Waals surface area contributed by atoms with E-state index in [1.807, 2.05) is 6.20 Å². The summed E-state index contributed by atoms with van der Waals surface area (Å²) in [6.45, 7) is 12.9. The van der Waals surface area contributed by atoms with Crippen LogP contribution >= 0.6 is 0 Å². The van der Waals surface area contributed by atoms with Gasteiger partial charge in [-0.25, -0.2) is 9.47 Å². The summed E-state index contributed by atoms with van der Waals surface area (Å²) in [5.41, 5.74) is 5.71. The number of hydrogen-bond acceptors (Lipinski definition) is 2. The van der Waals surface area contributed by atoms with Gasteiger partial charge in [0.15, 0.2) is 5.69 Å². The number of nitrogens with zero attached hydrogens (tertiary/aromatic N) is 3. The van der Waals surface area contributed by atoms with Crippen molar-refractivity contribution in [2.45, 2.75) is 84.2 Å². The standard InChI is InChI=1S/C27H34N3/c1-6-9-10-19-11-12-22-24-21(19)14-16-29-18-20-13-15-28-17-23(20)30(25(24)29)27(5,8-3)26(22,4)7-2/h11-17H,6-10,18H2,1-5H3/q+1. The van der Waals surface area contributed by atoms with Crippen LogP contribution in [0.3, 0.4) is 0 Å². The highest BCUT2D eigenvalue weighted by Gasteiger charge is 2.59. The van der Waals surface area contributed by atoms with E-state index in [9.17, 15) is 0 Å². The number of pyridine rings is 2. The van der Waals surface area contributed by atoms with Crippen LogP contribution in [0.1, 0.15) is 77.0 Å².